The molecule has 0 aromatic heterocycles. The maximum atomic E-state index is 13.1. The largest absolute Gasteiger partial charge is 0.382 e. The molecule has 2 rings (SSSR count). The lowest BCUT2D eigenvalue weighted by Crippen LogP contribution is -2.26. The van der Waals surface area contributed by atoms with Gasteiger partial charge in [-0.3, -0.25) is 0 Å². The van der Waals surface area contributed by atoms with Crippen LogP contribution in [0.4, 0.5) is 10.1 Å². The molecule has 0 aliphatic carbocycles. The molecule has 1 aromatic rings. The zero-order valence-corrected chi connectivity index (χ0v) is 9.77. The maximum absolute atomic E-state index is 13.1. The van der Waals surface area contributed by atoms with Crippen LogP contribution in [0.25, 0.3) is 0 Å². The van der Waals surface area contributed by atoms with E-state index in [2.05, 4.69) is 5.32 Å². The van der Waals surface area contributed by atoms with Crippen LogP contribution in [-0.4, -0.2) is 19.3 Å². The van der Waals surface area contributed by atoms with Gasteiger partial charge in [-0.1, -0.05) is 11.6 Å². The van der Waals surface area contributed by atoms with Crippen molar-refractivity contribution in [2.24, 2.45) is 0 Å². The summed E-state index contributed by atoms with van der Waals surface area (Å²) in [5.41, 5.74) is 0.746. The van der Waals surface area contributed by atoms with Crippen molar-refractivity contribution in [2.75, 3.05) is 18.5 Å². The van der Waals surface area contributed by atoms with Gasteiger partial charge in [0.2, 0.25) is 0 Å². The van der Waals surface area contributed by atoms with E-state index in [1.807, 2.05) is 0 Å². The molecule has 1 unspecified atom stereocenters. The molecule has 2 nitrogen and oxygen atoms in total. The van der Waals surface area contributed by atoms with Crippen LogP contribution in [-0.2, 0) is 4.74 Å². The predicted molar refractivity (Wildman–Crippen MR) is 63.5 cm³/mol. The molecular weight excluding hydrogens is 229 g/mol. The molecule has 0 radical (unpaired) electrons. The van der Waals surface area contributed by atoms with Gasteiger partial charge < -0.3 is 10.1 Å². The molecule has 88 valence electrons. The van der Waals surface area contributed by atoms with Crippen LogP contribution in [0, 0.1) is 5.82 Å². The summed E-state index contributed by atoms with van der Waals surface area (Å²) in [7, 11) is 0. The summed E-state index contributed by atoms with van der Waals surface area (Å²) >= 11 is 5.60. The first-order valence-electron chi connectivity index (χ1n) is 5.56. The predicted octanol–water partition coefficient (Wildman–Crippen LogP) is 3.46. The van der Waals surface area contributed by atoms with Crippen LogP contribution < -0.4 is 5.32 Å². The van der Waals surface area contributed by atoms with Gasteiger partial charge in [0.05, 0.1) is 11.1 Å². The van der Waals surface area contributed by atoms with Gasteiger partial charge in [0.15, 0.2) is 0 Å². The number of hydrogen-bond donors (Lipinski definition) is 1. The van der Waals surface area contributed by atoms with E-state index in [0.29, 0.717) is 0 Å². The van der Waals surface area contributed by atoms with Crippen LogP contribution in [0.5, 0.6) is 0 Å². The van der Waals surface area contributed by atoms with Gasteiger partial charge in [-0.15, -0.1) is 0 Å². The molecule has 1 N–H and O–H groups in total. The van der Waals surface area contributed by atoms with Crippen molar-refractivity contribution in [3.05, 3.63) is 29.0 Å². The van der Waals surface area contributed by atoms with E-state index in [-0.39, 0.29) is 11.1 Å². The van der Waals surface area contributed by atoms with Crippen molar-refractivity contribution < 1.29 is 9.13 Å². The second-order valence-corrected chi connectivity index (χ2v) is 4.41. The van der Waals surface area contributed by atoms with Crippen LogP contribution in [0.1, 0.15) is 19.3 Å². The SMILES string of the molecule is Fc1cc(NCC2CCCCO2)ccc1Cl. The van der Waals surface area contributed by atoms with Crippen LogP contribution in [0.3, 0.4) is 0 Å². The minimum absolute atomic E-state index is 0.152. The Hall–Kier alpha value is -0.800. The summed E-state index contributed by atoms with van der Waals surface area (Å²) in [6, 6.07) is 4.74. The van der Waals surface area contributed by atoms with Crippen LogP contribution in [0.15, 0.2) is 18.2 Å². The number of anilines is 1. The summed E-state index contributed by atoms with van der Waals surface area (Å²) in [6.45, 7) is 1.56. The fraction of sp³-hybridized carbons (Fsp3) is 0.500. The van der Waals surface area contributed by atoms with E-state index < -0.39 is 5.82 Å². The number of nitrogens with one attached hydrogen (secondary N) is 1. The second kappa shape index (κ2) is 5.51. The van der Waals surface area contributed by atoms with Gasteiger partial charge in [-0.05, 0) is 37.5 Å². The van der Waals surface area contributed by atoms with Gasteiger partial charge in [0.25, 0.3) is 0 Å². The van der Waals surface area contributed by atoms with Gasteiger partial charge in [-0.25, -0.2) is 4.39 Å². The van der Waals surface area contributed by atoms with E-state index in [0.717, 1.165) is 31.7 Å². The fourth-order valence-electron chi connectivity index (χ4n) is 1.81. The van der Waals surface area contributed by atoms with Crippen molar-refractivity contribution in [1.82, 2.24) is 0 Å². The standard InChI is InChI=1S/C12H15ClFNO/c13-11-5-4-9(7-12(11)14)15-8-10-3-1-2-6-16-10/h4-5,7,10,15H,1-3,6,8H2. The van der Waals surface area contributed by atoms with Crippen LogP contribution >= 0.6 is 11.6 Å². The van der Waals surface area contributed by atoms with Crippen molar-refractivity contribution in [3.63, 3.8) is 0 Å². The first kappa shape index (κ1) is 11.7. The summed E-state index contributed by atoms with van der Waals surface area (Å²) in [5, 5.41) is 3.31. The fourth-order valence-corrected chi connectivity index (χ4v) is 1.92. The highest BCUT2D eigenvalue weighted by Crippen LogP contribution is 2.19. The summed E-state index contributed by atoms with van der Waals surface area (Å²) in [6.07, 6.45) is 3.67. The average Bonchev–Trinajstić information content (AvgIpc) is 2.32. The molecule has 1 aliphatic heterocycles. The first-order valence-corrected chi connectivity index (χ1v) is 5.94. The lowest BCUT2D eigenvalue weighted by Gasteiger charge is -2.23. The normalized spacial score (nSPS) is 20.8. The Morgan fingerprint density at radius 3 is 3.00 bits per heavy atom. The molecule has 1 atom stereocenters. The van der Waals surface area contributed by atoms with E-state index in [9.17, 15) is 4.39 Å². The van der Waals surface area contributed by atoms with Gasteiger partial charge >= 0.3 is 0 Å². The molecule has 0 saturated carbocycles. The molecular formula is C12H15ClFNO. The Kier molecular flexibility index (Phi) is 4.02. The van der Waals surface area contributed by atoms with Crippen molar-refractivity contribution in [3.8, 4) is 0 Å². The zero-order valence-electron chi connectivity index (χ0n) is 9.01. The number of rotatable bonds is 3. The van der Waals surface area contributed by atoms with E-state index in [1.165, 1.54) is 12.5 Å². The Morgan fingerprint density at radius 1 is 1.44 bits per heavy atom. The lowest BCUT2D eigenvalue weighted by molar-refractivity contribution is 0.0247. The summed E-state index contributed by atoms with van der Waals surface area (Å²) < 4.78 is 18.7. The van der Waals surface area contributed by atoms with Crippen molar-refractivity contribution in [1.29, 1.82) is 0 Å². The molecule has 1 saturated heterocycles. The molecule has 0 spiro atoms. The number of hydrogen-bond acceptors (Lipinski definition) is 2. The highest BCUT2D eigenvalue weighted by molar-refractivity contribution is 6.30. The monoisotopic (exact) mass is 243 g/mol. The van der Waals surface area contributed by atoms with Crippen LogP contribution in [0.2, 0.25) is 5.02 Å². The lowest BCUT2D eigenvalue weighted by atomic mass is 10.1. The second-order valence-electron chi connectivity index (χ2n) is 4.00. The minimum atomic E-state index is -0.392. The molecule has 1 aromatic carbocycles. The van der Waals surface area contributed by atoms with E-state index in [4.69, 9.17) is 16.3 Å². The first-order chi connectivity index (χ1) is 7.75. The molecule has 4 heteroatoms. The number of ether oxygens (including phenoxy) is 1. The molecule has 16 heavy (non-hydrogen) atoms. The average molecular weight is 244 g/mol. The third-order valence-corrected chi connectivity index (χ3v) is 3.03. The highest BCUT2D eigenvalue weighted by atomic mass is 35.5. The molecule has 1 heterocycles. The zero-order chi connectivity index (χ0) is 11.4. The number of benzene rings is 1. The smallest absolute Gasteiger partial charge is 0.143 e. The maximum Gasteiger partial charge on any atom is 0.143 e. The molecule has 0 bridgehead atoms. The Bertz CT molecular complexity index is 353. The quantitative estimate of drug-likeness (QED) is 0.878. The van der Waals surface area contributed by atoms with E-state index in [1.54, 1.807) is 12.1 Å². The topological polar surface area (TPSA) is 21.3 Å². The van der Waals surface area contributed by atoms with Crippen molar-refractivity contribution in [2.45, 2.75) is 25.4 Å². The Labute approximate surface area is 99.7 Å². The van der Waals surface area contributed by atoms with Gasteiger partial charge in [-0.2, -0.15) is 0 Å². The Morgan fingerprint density at radius 2 is 2.31 bits per heavy atom. The third kappa shape index (κ3) is 3.09. The summed E-state index contributed by atoms with van der Waals surface area (Å²) in [5.74, 6) is -0.392. The molecule has 0 amide bonds. The molecule has 1 fully saturated rings. The van der Waals surface area contributed by atoms with Gasteiger partial charge in [0, 0.05) is 18.8 Å². The summed E-state index contributed by atoms with van der Waals surface area (Å²) in [4.78, 5) is 0. The Balaban J connectivity index is 1.86. The van der Waals surface area contributed by atoms with Crippen molar-refractivity contribution >= 4 is 17.3 Å². The third-order valence-electron chi connectivity index (χ3n) is 2.73. The minimum Gasteiger partial charge on any atom is -0.382 e. The highest BCUT2D eigenvalue weighted by Gasteiger charge is 2.13. The van der Waals surface area contributed by atoms with Gasteiger partial charge in [0.1, 0.15) is 5.82 Å². The number of halogens is 2. The van der Waals surface area contributed by atoms with E-state index >= 15 is 0 Å². The molecule has 1 aliphatic rings.